The summed E-state index contributed by atoms with van der Waals surface area (Å²) >= 11 is 11.2. The minimum atomic E-state index is -0.662. The second-order valence-corrected chi connectivity index (χ2v) is 4.10. The second-order valence-electron chi connectivity index (χ2n) is 3.31. The largest absolute Gasteiger partial charge is 0.306 e. The van der Waals surface area contributed by atoms with Gasteiger partial charge in [0.25, 0.3) is 5.91 Å². The first-order chi connectivity index (χ1) is 8.56. The van der Waals surface area contributed by atoms with E-state index in [1.54, 1.807) is 0 Å². The van der Waals surface area contributed by atoms with Crippen LogP contribution in [0.3, 0.4) is 0 Å². The molecule has 0 atom stereocenters. The van der Waals surface area contributed by atoms with Crippen molar-refractivity contribution in [3.63, 3.8) is 0 Å². The molecule has 0 aliphatic rings. The molecule has 2 rings (SSSR count). The number of amides is 1. The number of nitrogens with one attached hydrogen (secondary N) is 1. The van der Waals surface area contributed by atoms with Crippen molar-refractivity contribution in [2.45, 2.75) is 0 Å². The van der Waals surface area contributed by atoms with E-state index in [0.29, 0.717) is 0 Å². The van der Waals surface area contributed by atoms with Gasteiger partial charge in [0.15, 0.2) is 0 Å². The smallest absolute Gasteiger partial charge is 0.256 e. The Balaban J connectivity index is 2.19. The van der Waals surface area contributed by atoms with E-state index in [9.17, 15) is 9.18 Å². The summed E-state index contributed by atoms with van der Waals surface area (Å²) in [4.78, 5) is 19.2. The summed E-state index contributed by atoms with van der Waals surface area (Å²) in [7, 11) is 0. The van der Waals surface area contributed by atoms with E-state index < -0.39 is 11.7 Å². The lowest BCUT2D eigenvalue weighted by atomic mass is 10.2. The molecule has 0 bridgehead atoms. The zero-order chi connectivity index (χ0) is 13.1. The standard InChI is InChI=1S/C11H6Cl2FN3O/c12-7-2-1-6(3-8(7)14)11(18)17-10-4-9(13)15-5-16-10/h1-5H,(H,15,16,17,18). The molecule has 7 heteroatoms. The minimum absolute atomic E-state index is 0.0448. The first-order valence-corrected chi connectivity index (χ1v) is 5.56. The Morgan fingerprint density at radius 3 is 2.67 bits per heavy atom. The third kappa shape index (κ3) is 2.94. The van der Waals surface area contributed by atoms with Crippen LogP contribution in [0.4, 0.5) is 10.2 Å². The molecule has 0 saturated heterocycles. The van der Waals surface area contributed by atoms with E-state index in [2.05, 4.69) is 15.3 Å². The molecule has 0 fully saturated rings. The molecule has 4 nitrogen and oxygen atoms in total. The topological polar surface area (TPSA) is 54.9 Å². The highest BCUT2D eigenvalue weighted by Gasteiger charge is 2.10. The summed E-state index contributed by atoms with van der Waals surface area (Å²) in [5.74, 6) is -0.944. The number of rotatable bonds is 2. The van der Waals surface area contributed by atoms with Crippen molar-refractivity contribution in [3.05, 3.63) is 52.1 Å². The van der Waals surface area contributed by atoms with E-state index in [4.69, 9.17) is 23.2 Å². The van der Waals surface area contributed by atoms with Gasteiger partial charge in [-0.05, 0) is 18.2 Å². The van der Waals surface area contributed by atoms with Crippen LogP contribution in [-0.2, 0) is 0 Å². The number of hydrogen-bond donors (Lipinski definition) is 1. The van der Waals surface area contributed by atoms with Gasteiger partial charge in [0.05, 0.1) is 5.02 Å². The molecule has 0 unspecified atom stereocenters. The van der Waals surface area contributed by atoms with E-state index in [1.165, 1.54) is 24.5 Å². The SMILES string of the molecule is O=C(Nc1cc(Cl)ncn1)c1ccc(Cl)c(F)c1. The van der Waals surface area contributed by atoms with Crippen molar-refractivity contribution in [2.75, 3.05) is 5.32 Å². The lowest BCUT2D eigenvalue weighted by Gasteiger charge is -2.04. The van der Waals surface area contributed by atoms with Crippen LogP contribution in [-0.4, -0.2) is 15.9 Å². The Morgan fingerprint density at radius 1 is 1.22 bits per heavy atom. The molecule has 1 aromatic carbocycles. The van der Waals surface area contributed by atoms with Crippen molar-refractivity contribution >= 4 is 34.9 Å². The number of halogens is 3. The Hall–Kier alpha value is -1.72. The molecule has 0 saturated carbocycles. The number of carbonyl (C=O) groups is 1. The monoisotopic (exact) mass is 285 g/mol. The molecule has 0 radical (unpaired) electrons. The summed E-state index contributed by atoms with van der Waals surface area (Å²) in [6.07, 6.45) is 1.21. The summed E-state index contributed by atoms with van der Waals surface area (Å²) in [6.45, 7) is 0. The quantitative estimate of drug-likeness (QED) is 0.863. The molecular formula is C11H6Cl2FN3O. The van der Waals surface area contributed by atoms with Crippen molar-refractivity contribution < 1.29 is 9.18 Å². The Labute approximate surface area is 112 Å². The maximum atomic E-state index is 13.2. The first kappa shape index (κ1) is 12.7. The molecule has 0 spiro atoms. The van der Waals surface area contributed by atoms with Crippen LogP contribution >= 0.6 is 23.2 Å². The predicted octanol–water partition coefficient (Wildman–Crippen LogP) is 3.17. The highest BCUT2D eigenvalue weighted by molar-refractivity contribution is 6.31. The third-order valence-electron chi connectivity index (χ3n) is 2.06. The maximum absolute atomic E-state index is 13.2. The average Bonchev–Trinajstić information content (AvgIpc) is 2.32. The average molecular weight is 286 g/mol. The highest BCUT2D eigenvalue weighted by atomic mass is 35.5. The van der Waals surface area contributed by atoms with Crippen LogP contribution in [0.2, 0.25) is 10.2 Å². The molecular weight excluding hydrogens is 280 g/mol. The Kier molecular flexibility index (Phi) is 3.74. The van der Waals surface area contributed by atoms with E-state index in [-0.39, 0.29) is 21.6 Å². The molecule has 18 heavy (non-hydrogen) atoms. The van der Waals surface area contributed by atoms with Gasteiger partial charge >= 0.3 is 0 Å². The van der Waals surface area contributed by atoms with Crippen LogP contribution in [0.1, 0.15) is 10.4 Å². The van der Waals surface area contributed by atoms with E-state index >= 15 is 0 Å². The van der Waals surface area contributed by atoms with Gasteiger partial charge in [-0.3, -0.25) is 4.79 Å². The van der Waals surface area contributed by atoms with Crippen molar-refractivity contribution in [2.24, 2.45) is 0 Å². The number of benzene rings is 1. The number of carbonyl (C=O) groups excluding carboxylic acids is 1. The predicted molar refractivity (Wildman–Crippen MR) is 66.4 cm³/mol. The summed E-state index contributed by atoms with van der Waals surface area (Å²) in [5, 5.41) is 2.61. The molecule has 1 aromatic heterocycles. The van der Waals surface area contributed by atoms with Gasteiger partial charge in [0.1, 0.15) is 23.1 Å². The number of hydrogen-bond acceptors (Lipinski definition) is 3. The number of anilines is 1. The first-order valence-electron chi connectivity index (χ1n) is 4.80. The van der Waals surface area contributed by atoms with Crippen molar-refractivity contribution in [3.8, 4) is 0 Å². The van der Waals surface area contributed by atoms with Crippen LogP contribution in [0.5, 0.6) is 0 Å². The molecule has 1 N–H and O–H groups in total. The highest BCUT2D eigenvalue weighted by Crippen LogP contribution is 2.16. The van der Waals surface area contributed by atoms with Crippen LogP contribution in [0.15, 0.2) is 30.6 Å². The van der Waals surface area contributed by atoms with Gasteiger partial charge in [-0.1, -0.05) is 23.2 Å². The van der Waals surface area contributed by atoms with Gasteiger partial charge in [-0.25, -0.2) is 14.4 Å². The van der Waals surface area contributed by atoms with Crippen LogP contribution in [0.25, 0.3) is 0 Å². The third-order valence-corrected chi connectivity index (χ3v) is 2.57. The molecule has 1 heterocycles. The molecule has 0 aliphatic carbocycles. The Bertz CT molecular complexity index is 607. The molecule has 2 aromatic rings. The summed E-state index contributed by atoms with van der Waals surface area (Å²) < 4.78 is 13.2. The second kappa shape index (κ2) is 5.29. The lowest BCUT2D eigenvalue weighted by molar-refractivity contribution is 0.102. The summed E-state index contributed by atoms with van der Waals surface area (Å²) in [6, 6.07) is 5.13. The number of nitrogens with zero attached hydrogens (tertiary/aromatic N) is 2. The molecule has 92 valence electrons. The molecule has 1 amide bonds. The fourth-order valence-electron chi connectivity index (χ4n) is 1.23. The van der Waals surface area contributed by atoms with Gasteiger partial charge in [0, 0.05) is 11.6 Å². The van der Waals surface area contributed by atoms with Crippen LogP contribution in [0, 0.1) is 5.82 Å². The van der Waals surface area contributed by atoms with Gasteiger partial charge in [-0.2, -0.15) is 0 Å². The van der Waals surface area contributed by atoms with Crippen molar-refractivity contribution in [1.29, 1.82) is 0 Å². The van der Waals surface area contributed by atoms with E-state index in [0.717, 1.165) is 6.07 Å². The maximum Gasteiger partial charge on any atom is 0.256 e. The van der Waals surface area contributed by atoms with Gasteiger partial charge in [-0.15, -0.1) is 0 Å². The fourth-order valence-corrected chi connectivity index (χ4v) is 1.49. The normalized spacial score (nSPS) is 10.2. The van der Waals surface area contributed by atoms with Crippen LogP contribution < -0.4 is 5.32 Å². The molecule has 0 aliphatic heterocycles. The number of aromatic nitrogens is 2. The van der Waals surface area contributed by atoms with Gasteiger partial charge < -0.3 is 5.32 Å². The summed E-state index contributed by atoms with van der Waals surface area (Å²) in [5.41, 5.74) is 0.131. The Morgan fingerprint density at radius 2 is 2.00 bits per heavy atom. The fraction of sp³-hybridized carbons (Fsp3) is 0. The lowest BCUT2D eigenvalue weighted by Crippen LogP contribution is -2.13. The van der Waals surface area contributed by atoms with Crippen molar-refractivity contribution in [1.82, 2.24) is 9.97 Å². The van der Waals surface area contributed by atoms with Gasteiger partial charge in [0.2, 0.25) is 0 Å². The zero-order valence-corrected chi connectivity index (χ0v) is 10.3. The minimum Gasteiger partial charge on any atom is -0.306 e. The van der Waals surface area contributed by atoms with E-state index in [1.807, 2.05) is 0 Å². The zero-order valence-electron chi connectivity index (χ0n) is 8.82.